The minimum absolute atomic E-state index is 0.243. The lowest BCUT2D eigenvalue weighted by atomic mass is 10.0. The maximum Gasteiger partial charge on any atom is 0.339 e. The van der Waals surface area contributed by atoms with E-state index >= 15 is 0 Å². The second kappa shape index (κ2) is 5.47. The smallest absolute Gasteiger partial charge is 0.339 e. The number of benzene rings is 1. The van der Waals surface area contributed by atoms with Crippen LogP contribution < -0.4 is 4.90 Å². The van der Waals surface area contributed by atoms with Crippen molar-refractivity contribution >= 4 is 22.6 Å². The monoisotopic (exact) mass is 314 g/mol. The fourth-order valence-electron chi connectivity index (χ4n) is 3.48. The molecule has 0 amide bonds. The molecule has 2 fully saturated rings. The van der Waals surface area contributed by atoms with Gasteiger partial charge in [0.15, 0.2) is 5.79 Å². The van der Waals surface area contributed by atoms with E-state index in [9.17, 15) is 9.90 Å². The first-order valence-electron chi connectivity index (χ1n) is 7.82. The number of anilines is 1. The normalized spacial score (nSPS) is 20.3. The molecule has 2 aliphatic rings. The Bertz CT molecular complexity index is 745. The number of aromatic carboxylic acids is 1. The number of carboxylic acid groups (broad SMARTS) is 1. The third-order valence-corrected chi connectivity index (χ3v) is 4.63. The molecule has 0 aliphatic carbocycles. The van der Waals surface area contributed by atoms with E-state index in [-0.39, 0.29) is 5.56 Å². The summed E-state index contributed by atoms with van der Waals surface area (Å²) in [5.41, 5.74) is 1.80. The highest BCUT2D eigenvalue weighted by molar-refractivity contribution is 6.04. The van der Waals surface area contributed by atoms with E-state index in [0.717, 1.165) is 29.4 Å². The van der Waals surface area contributed by atoms with Crippen molar-refractivity contribution in [1.82, 2.24) is 4.98 Å². The van der Waals surface area contributed by atoms with Crippen molar-refractivity contribution in [2.45, 2.75) is 18.6 Å². The van der Waals surface area contributed by atoms with E-state index in [2.05, 4.69) is 9.88 Å². The van der Waals surface area contributed by atoms with E-state index in [4.69, 9.17) is 9.47 Å². The number of piperidine rings is 1. The van der Waals surface area contributed by atoms with Crippen LogP contribution >= 0.6 is 0 Å². The SMILES string of the molecule is O=C(O)c1cnc2ccccc2c1N1CCC2(CC1)OCCO2. The first kappa shape index (κ1) is 14.4. The number of pyridine rings is 1. The summed E-state index contributed by atoms with van der Waals surface area (Å²) in [6.07, 6.45) is 2.93. The van der Waals surface area contributed by atoms with Gasteiger partial charge in [0.1, 0.15) is 5.56 Å². The summed E-state index contributed by atoms with van der Waals surface area (Å²) in [5, 5.41) is 10.4. The lowest BCUT2D eigenvalue weighted by Gasteiger charge is -2.39. The van der Waals surface area contributed by atoms with Crippen molar-refractivity contribution in [1.29, 1.82) is 0 Å². The number of para-hydroxylation sites is 1. The summed E-state index contributed by atoms with van der Waals surface area (Å²) in [4.78, 5) is 18.0. The summed E-state index contributed by atoms with van der Waals surface area (Å²) in [7, 11) is 0. The second-order valence-corrected chi connectivity index (χ2v) is 5.94. The quantitative estimate of drug-likeness (QED) is 0.917. The Morgan fingerprint density at radius 1 is 1.17 bits per heavy atom. The number of carbonyl (C=O) groups is 1. The summed E-state index contributed by atoms with van der Waals surface area (Å²) in [5.74, 6) is -1.42. The largest absolute Gasteiger partial charge is 0.478 e. The highest BCUT2D eigenvalue weighted by atomic mass is 16.7. The Balaban J connectivity index is 1.73. The molecule has 2 aromatic rings. The molecule has 6 nitrogen and oxygen atoms in total. The minimum Gasteiger partial charge on any atom is -0.478 e. The predicted molar refractivity (Wildman–Crippen MR) is 84.8 cm³/mol. The highest BCUT2D eigenvalue weighted by Crippen LogP contribution is 2.36. The van der Waals surface area contributed by atoms with Crippen LogP contribution in [0.25, 0.3) is 10.9 Å². The maximum atomic E-state index is 11.6. The summed E-state index contributed by atoms with van der Waals surface area (Å²) in [6.45, 7) is 2.68. The lowest BCUT2D eigenvalue weighted by molar-refractivity contribution is -0.169. The summed E-state index contributed by atoms with van der Waals surface area (Å²) < 4.78 is 11.5. The molecule has 4 rings (SSSR count). The number of carboxylic acids is 1. The van der Waals surface area contributed by atoms with Crippen molar-refractivity contribution in [3.63, 3.8) is 0 Å². The van der Waals surface area contributed by atoms with Gasteiger partial charge in [-0.1, -0.05) is 18.2 Å². The number of nitrogens with zero attached hydrogens (tertiary/aromatic N) is 2. The van der Waals surface area contributed by atoms with Crippen LogP contribution in [0, 0.1) is 0 Å². The summed E-state index contributed by atoms with van der Waals surface area (Å²) in [6, 6.07) is 7.65. The van der Waals surface area contributed by atoms with Crippen molar-refractivity contribution in [2.75, 3.05) is 31.2 Å². The van der Waals surface area contributed by atoms with Gasteiger partial charge in [-0.05, 0) is 6.07 Å². The van der Waals surface area contributed by atoms with Crippen LogP contribution in [0.2, 0.25) is 0 Å². The molecular weight excluding hydrogens is 296 g/mol. The fourth-order valence-corrected chi connectivity index (χ4v) is 3.48. The van der Waals surface area contributed by atoms with E-state index in [1.165, 1.54) is 6.20 Å². The Morgan fingerprint density at radius 3 is 2.57 bits per heavy atom. The van der Waals surface area contributed by atoms with Crippen molar-refractivity contribution in [2.24, 2.45) is 0 Å². The van der Waals surface area contributed by atoms with Crippen LogP contribution in [0.3, 0.4) is 0 Å². The van der Waals surface area contributed by atoms with Gasteiger partial charge in [0, 0.05) is 37.5 Å². The van der Waals surface area contributed by atoms with Gasteiger partial charge in [-0.2, -0.15) is 0 Å². The Kier molecular flexibility index (Phi) is 3.43. The Morgan fingerprint density at radius 2 is 1.87 bits per heavy atom. The van der Waals surface area contributed by atoms with Gasteiger partial charge in [-0.15, -0.1) is 0 Å². The molecule has 2 aliphatic heterocycles. The minimum atomic E-state index is -0.952. The van der Waals surface area contributed by atoms with Crippen LogP contribution in [0.4, 0.5) is 5.69 Å². The number of hydrogen-bond acceptors (Lipinski definition) is 5. The van der Waals surface area contributed by atoms with Gasteiger partial charge in [-0.3, -0.25) is 4.98 Å². The van der Waals surface area contributed by atoms with Crippen LogP contribution in [0.15, 0.2) is 30.5 Å². The number of fused-ring (bicyclic) bond motifs is 1. The third kappa shape index (κ3) is 2.44. The van der Waals surface area contributed by atoms with E-state index in [0.29, 0.717) is 26.3 Å². The molecule has 0 saturated carbocycles. The van der Waals surface area contributed by atoms with Crippen LogP contribution in [0.5, 0.6) is 0 Å². The molecule has 0 unspecified atom stereocenters. The van der Waals surface area contributed by atoms with Crippen LogP contribution in [-0.4, -0.2) is 48.2 Å². The molecule has 23 heavy (non-hydrogen) atoms. The topological polar surface area (TPSA) is 71.9 Å². The standard InChI is InChI=1S/C17H18N2O4/c20-16(21)13-11-18-14-4-2-1-3-12(14)15(13)19-7-5-17(6-8-19)22-9-10-23-17/h1-4,11H,5-10H2,(H,20,21). The molecule has 6 heteroatoms. The van der Waals surface area contributed by atoms with Crippen LogP contribution in [0.1, 0.15) is 23.2 Å². The van der Waals surface area contributed by atoms with Crippen LogP contribution in [-0.2, 0) is 9.47 Å². The average Bonchev–Trinajstić information content (AvgIpc) is 3.03. The maximum absolute atomic E-state index is 11.6. The third-order valence-electron chi connectivity index (χ3n) is 4.63. The number of hydrogen-bond donors (Lipinski definition) is 1. The van der Waals surface area contributed by atoms with Crippen molar-refractivity contribution in [3.8, 4) is 0 Å². The van der Waals surface area contributed by atoms with E-state index in [1.807, 2.05) is 24.3 Å². The second-order valence-electron chi connectivity index (χ2n) is 5.94. The molecular formula is C17H18N2O4. The predicted octanol–water partition coefficient (Wildman–Crippen LogP) is 2.28. The zero-order chi connectivity index (χ0) is 15.9. The molecule has 0 radical (unpaired) electrons. The molecule has 120 valence electrons. The fraction of sp³-hybridized carbons (Fsp3) is 0.412. The molecule has 1 spiro atoms. The molecule has 3 heterocycles. The van der Waals surface area contributed by atoms with Gasteiger partial charge < -0.3 is 19.5 Å². The molecule has 0 bridgehead atoms. The highest BCUT2D eigenvalue weighted by Gasteiger charge is 2.40. The first-order chi connectivity index (χ1) is 11.2. The van der Waals surface area contributed by atoms with Gasteiger partial charge in [0.2, 0.25) is 0 Å². The zero-order valence-corrected chi connectivity index (χ0v) is 12.7. The molecule has 2 saturated heterocycles. The van der Waals surface area contributed by atoms with E-state index in [1.54, 1.807) is 0 Å². The van der Waals surface area contributed by atoms with Gasteiger partial charge in [0.05, 0.1) is 24.4 Å². The average molecular weight is 314 g/mol. The first-order valence-corrected chi connectivity index (χ1v) is 7.82. The van der Waals surface area contributed by atoms with E-state index < -0.39 is 11.8 Å². The molecule has 1 aromatic carbocycles. The molecule has 0 atom stereocenters. The van der Waals surface area contributed by atoms with Gasteiger partial charge >= 0.3 is 5.97 Å². The number of rotatable bonds is 2. The van der Waals surface area contributed by atoms with Gasteiger partial charge in [0.25, 0.3) is 0 Å². The number of aromatic nitrogens is 1. The molecule has 1 N–H and O–H groups in total. The molecule has 1 aromatic heterocycles. The lowest BCUT2D eigenvalue weighted by Crippen LogP contribution is -2.45. The van der Waals surface area contributed by atoms with Gasteiger partial charge in [-0.25, -0.2) is 4.79 Å². The van der Waals surface area contributed by atoms with Crippen molar-refractivity contribution in [3.05, 3.63) is 36.0 Å². The number of ether oxygens (including phenoxy) is 2. The summed E-state index contributed by atoms with van der Waals surface area (Å²) >= 11 is 0. The zero-order valence-electron chi connectivity index (χ0n) is 12.7. The van der Waals surface area contributed by atoms with Crippen molar-refractivity contribution < 1.29 is 19.4 Å². The Labute approximate surface area is 133 Å². The Hall–Kier alpha value is -2.18.